The number of aliphatic carboxylic acids is 1. The predicted molar refractivity (Wildman–Crippen MR) is 60.2 cm³/mol. The molecule has 0 aliphatic heterocycles. The maximum absolute atomic E-state index is 13.4. The van der Waals surface area contributed by atoms with E-state index in [9.17, 15) is 14.0 Å². The smallest absolute Gasteiger partial charge is 0.323 e. The van der Waals surface area contributed by atoms with Gasteiger partial charge < -0.3 is 10.0 Å². The van der Waals surface area contributed by atoms with Gasteiger partial charge in [-0.1, -0.05) is 12.1 Å². The Bertz CT molecular complexity index is 432. The van der Waals surface area contributed by atoms with Crippen molar-refractivity contribution in [3.05, 3.63) is 35.6 Å². The largest absolute Gasteiger partial charge is 0.480 e. The molecule has 92 valence electrons. The summed E-state index contributed by atoms with van der Waals surface area (Å²) < 4.78 is 13.4. The molecule has 0 aromatic heterocycles. The predicted octanol–water partition coefficient (Wildman–Crippen LogP) is 1.76. The lowest BCUT2D eigenvalue weighted by molar-refractivity contribution is -0.138. The number of carboxylic acid groups (broad SMARTS) is 1. The van der Waals surface area contributed by atoms with Gasteiger partial charge in [0.25, 0.3) is 5.91 Å². The summed E-state index contributed by atoms with van der Waals surface area (Å²) in [7, 11) is 0. The second kappa shape index (κ2) is 5.43. The topological polar surface area (TPSA) is 57.6 Å². The van der Waals surface area contributed by atoms with E-state index in [1.54, 1.807) is 13.8 Å². The van der Waals surface area contributed by atoms with Gasteiger partial charge in [-0.05, 0) is 26.0 Å². The number of benzene rings is 1. The molecule has 0 atom stereocenters. The van der Waals surface area contributed by atoms with Crippen molar-refractivity contribution in [3.8, 4) is 0 Å². The van der Waals surface area contributed by atoms with Gasteiger partial charge in [-0.25, -0.2) is 4.39 Å². The van der Waals surface area contributed by atoms with Crippen LogP contribution in [0, 0.1) is 5.82 Å². The number of nitrogens with zero attached hydrogens (tertiary/aromatic N) is 1. The Hall–Kier alpha value is -1.91. The number of hydrogen-bond acceptors (Lipinski definition) is 2. The van der Waals surface area contributed by atoms with Gasteiger partial charge >= 0.3 is 5.97 Å². The first-order valence-electron chi connectivity index (χ1n) is 5.20. The highest BCUT2D eigenvalue weighted by Crippen LogP contribution is 2.12. The van der Waals surface area contributed by atoms with Gasteiger partial charge in [0.1, 0.15) is 12.4 Å². The van der Waals surface area contributed by atoms with Gasteiger partial charge in [-0.3, -0.25) is 9.59 Å². The van der Waals surface area contributed by atoms with Crippen LogP contribution in [-0.4, -0.2) is 34.5 Å². The minimum atomic E-state index is -1.12. The maximum Gasteiger partial charge on any atom is 0.323 e. The van der Waals surface area contributed by atoms with Crippen LogP contribution in [0.2, 0.25) is 0 Å². The number of carbonyl (C=O) groups is 2. The number of amides is 1. The molecule has 17 heavy (non-hydrogen) atoms. The molecule has 0 fully saturated rings. The molecular formula is C12H14FNO3. The summed E-state index contributed by atoms with van der Waals surface area (Å²) in [6.45, 7) is 2.92. The quantitative estimate of drug-likeness (QED) is 0.871. The molecule has 4 nitrogen and oxygen atoms in total. The molecule has 1 N–H and O–H groups in total. The highest BCUT2D eigenvalue weighted by Gasteiger charge is 2.23. The van der Waals surface area contributed by atoms with Gasteiger partial charge in [-0.2, -0.15) is 0 Å². The van der Waals surface area contributed by atoms with Crippen molar-refractivity contribution >= 4 is 11.9 Å². The lowest BCUT2D eigenvalue weighted by Crippen LogP contribution is -2.41. The summed E-state index contributed by atoms with van der Waals surface area (Å²) >= 11 is 0. The molecule has 1 aromatic rings. The Morgan fingerprint density at radius 1 is 1.35 bits per heavy atom. The first kappa shape index (κ1) is 13.2. The molecule has 0 radical (unpaired) electrons. The van der Waals surface area contributed by atoms with Gasteiger partial charge in [0, 0.05) is 6.04 Å². The SMILES string of the molecule is CC(C)N(CC(=O)O)C(=O)c1ccccc1F. The summed E-state index contributed by atoms with van der Waals surface area (Å²) in [5.41, 5.74) is -0.109. The molecule has 1 rings (SSSR count). The van der Waals surface area contributed by atoms with Crippen molar-refractivity contribution in [1.82, 2.24) is 4.90 Å². The molecule has 0 aliphatic rings. The van der Waals surface area contributed by atoms with Crippen molar-refractivity contribution in [1.29, 1.82) is 0 Å². The Balaban J connectivity index is 3.00. The van der Waals surface area contributed by atoms with E-state index in [1.807, 2.05) is 0 Å². The van der Waals surface area contributed by atoms with E-state index in [2.05, 4.69) is 0 Å². The van der Waals surface area contributed by atoms with Crippen molar-refractivity contribution in [2.75, 3.05) is 6.54 Å². The van der Waals surface area contributed by atoms with Crippen LogP contribution < -0.4 is 0 Å². The highest BCUT2D eigenvalue weighted by molar-refractivity contribution is 5.96. The molecule has 0 unspecified atom stereocenters. The molecule has 1 amide bonds. The lowest BCUT2D eigenvalue weighted by atomic mass is 10.1. The first-order valence-corrected chi connectivity index (χ1v) is 5.20. The van der Waals surface area contributed by atoms with E-state index in [1.165, 1.54) is 24.3 Å². The minimum absolute atomic E-state index is 0.109. The zero-order valence-electron chi connectivity index (χ0n) is 9.68. The average molecular weight is 239 g/mol. The third-order valence-electron chi connectivity index (χ3n) is 2.29. The van der Waals surface area contributed by atoms with E-state index >= 15 is 0 Å². The fraction of sp³-hybridized carbons (Fsp3) is 0.333. The monoisotopic (exact) mass is 239 g/mol. The molecule has 0 spiro atoms. The number of carboxylic acids is 1. The van der Waals surface area contributed by atoms with Crippen LogP contribution in [0.1, 0.15) is 24.2 Å². The Morgan fingerprint density at radius 3 is 2.41 bits per heavy atom. The zero-order valence-corrected chi connectivity index (χ0v) is 9.68. The Kier molecular flexibility index (Phi) is 4.20. The molecule has 0 bridgehead atoms. The summed E-state index contributed by atoms with van der Waals surface area (Å²) in [6.07, 6.45) is 0. The second-order valence-electron chi connectivity index (χ2n) is 3.90. The standard InChI is InChI=1S/C12H14FNO3/c1-8(2)14(7-11(15)16)12(17)9-5-3-4-6-10(9)13/h3-6,8H,7H2,1-2H3,(H,15,16). The van der Waals surface area contributed by atoms with Crippen molar-refractivity contribution in [3.63, 3.8) is 0 Å². The second-order valence-corrected chi connectivity index (χ2v) is 3.90. The van der Waals surface area contributed by atoms with Crippen LogP contribution in [0.5, 0.6) is 0 Å². The molecule has 5 heteroatoms. The minimum Gasteiger partial charge on any atom is -0.480 e. The fourth-order valence-electron chi connectivity index (χ4n) is 1.42. The Labute approximate surface area is 98.7 Å². The van der Waals surface area contributed by atoms with Gasteiger partial charge in [-0.15, -0.1) is 0 Å². The van der Waals surface area contributed by atoms with E-state index < -0.39 is 24.2 Å². The third-order valence-corrected chi connectivity index (χ3v) is 2.29. The van der Waals surface area contributed by atoms with Gasteiger partial charge in [0.2, 0.25) is 0 Å². The Morgan fingerprint density at radius 2 is 1.94 bits per heavy atom. The molecule has 1 aromatic carbocycles. The van der Waals surface area contributed by atoms with Crippen molar-refractivity contribution < 1.29 is 19.1 Å². The number of carbonyl (C=O) groups excluding carboxylic acids is 1. The molecule has 0 saturated heterocycles. The van der Waals surface area contributed by atoms with E-state index in [-0.39, 0.29) is 11.6 Å². The van der Waals surface area contributed by atoms with E-state index in [0.29, 0.717) is 0 Å². The van der Waals surface area contributed by atoms with Crippen LogP contribution in [-0.2, 0) is 4.79 Å². The summed E-state index contributed by atoms with van der Waals surface area (Å²) in [4.78, 5) is 23.7. The average Bonchev–Trinajstić information content (AvgIpc) is 2.25. The van der Waals surface area contributed by atoms with Gasteiger partial charge in [0.05, 0.1) is 5.56 Å². The summed E-state index contributed by atoms with van der Waals surface area (Å²) in [6, 6.07) is 5.22. The normalized spacial score (nSPS) is 10.4. The van der Waals surface area contributed by atoms with Crippen LogP contribution >= 0.6 is 0 Å². The summed E-state index contributed by atoms with van der Waals surface area (Å²) in [5.74, 6) is -2.38. The van der Waals surface area contributed by atoms with Crippen LogP contribution in [0.4, 0.5) is 4.39 Å². The molecule has 0 heterocycles. The fourth-order valence-corrected chi connectivity index (χ4v) is 1.42. The van der Waals surface area contributed by atoms with Crippen LogP contribution in [0.3, 0.4) is 0 Å². The maximum atomic E-state index is 13.4. The molecule has 0 aliphatic carbocycles. The zero-order chi connectivity index (χ0) is 13.0. The lowest BCUT2D eigenvalue weighted by Gasteiger charge is -2.25. The van der Waals surface area contributed by atoms with Crippen molar-refractivity contribution in [2.45, 2.75) is 19.9 Å². The van der Waals surface area contributed by atoms with E-state index in [4.69, 9.17) is 5.11 Å². The van der Waals surface area contributed by atoms with Crippen LogP contribution in [0.15, 0.2) is 24.3 Å². The number of rotatable bonds is 4. The molecular weight excluding hydrogens is 225 g/mol. The molecule has 0 saturated carbocycles. The van der Waals surface area contributed by atoms with Crippen LogP contribution in [0.25, 0.3) is 0 Å². The summed E-state index contributed by atoms with van der Waals surface area (Å²) in [5, 5.41) is 8.71. The first-order chi connectivity index (χ1) is 7.93. The highest BCUT2D eigenvalue weighted by atomic mass is 19.1. The number of hydrogen-bond donors (Lipinski definition) is 1. The van der Waals surface area contributed by atoms with Crippen molar-refractivity contribution in [2.24, 2.45) is 0 Å². The third kappa shape index (κ3) is 3.27. The van der Waals surface area contributed by atoms with Gasteiger partial charge in [0.15, 0.2) is 0 Å². The number of halogens is 1. The van der Waals surface area contributed by atoms with E-state index in [0.717, 1.165) is 4.90 Å².